The molecule has 2 nitrogen and oxygen atoms in total. The first-order valence-electron chi connectivity index (χ1n) is 6.79. The Bertz CT molecular complexity index is 184. The van der Waals surface area contributed by atoms with E-state index in [-0.39, 0.29) is 0 Å². The van der Waals surface area contributed by atoms with Gasteiger partial charge >= 0.3 is 0 Å². The zero-order chi connectivity index (χ0) is 12.2. The molecular weight excluding hydrogens is 196 g/mol. The Morgan fingerprint density at radius 2 is 1.62 bits per heavy atom. The van der Waals surface area contributed by atoms with E-state index in [9.17, 15) is 0 Å². The van der Waals surface area contributed by atoms with Gasteiger partial charge in [0.2, 0.25) is 0 Å². The van der Waals surface area contributed by atoms with Gasteiger partial charge in [-0.1, -0.05) is 45.4 Å². The molecule has 0 saturated carbocycles. The van der Waals surface area contributed by atoms with Gasteiger partial charge in [0, 0.05) is 6.04 Å². The second-order valence-electron chi connectivity index (χ2n) is 4.81. The molecule has 2 heteroatoms. The van der Waals surface area contributed by atoms with E-state index in [0.29, 0.717) is 12.5 Å². The third-order valence-electron chi connectivity index (χ3n) is 3.25. The lowest BCUT2D eigenvalue weighted by Gasteiger charge is -2.22. The number of nitrogens with zero attached hydrogens (tertiary/aromatic N) is 2. The minimum Gasteiger partial charge on any atom is -0.303 e. The Labute approximate surface area is 102 Å². The number of unbranched alkanes of at least 4 members (excludes halogenated alkanes) is 6. The molecule has 1 atom stereocenters. The molecule has 0 aliphatic heterocycles. The van der Waals surface area contributed by atoms with Gasteiger partial charge < -0.3 is 4.90 Å². The Hall–Kier alpha value is -0.550. The highest BCUT2D eigenvalue weighted by molar-refractivity contribution is 4.78. The third-order valence-corrected chi connectivity index (χ3v) is 3.25. The first-order valence-corrected chi connectivity index (χ1v) is 6.79. The van der Waals surface area contributed by atoms with Crippen LogP contribution < -0.4 is 0 Å². The van der Waals surface area contributed by atoms with Gasteiger partial charge in [0.05, 0.1) is 12.5 Å². The Kier molecular flexibility index (Phi) is 10.6. The molecule has 0 saturated heterocycles. The summed E-state index contributed by atoms with van der Waals surface area (Å²) in [4.78, 5) is 2.30. The van der Waals surface area contributed by atoms with Gasteiger partial charge in [0.15, 0.2) is 0 Å². The fraction of sp³-hybridized carbons (Fsp3) is 0.929. The van der Waals surface area contributed by atoms with Gasteiger partial charge in [-0.05, 0) is 26.9 Å². The van der Waals surface area contributed by atoms with E-state index >= 15 is 0 Å². The Morgan fingerprint density at radius 3 is 2.19 bits per heavy atom. The van der Waals surface area contributed by atoms with E-state index in [2.05, 4.69) is 31.9 Å². The number of hydrogen-bond donors (Lipinski definition) is 0. The fourth-order valence-corrected chi connectivity index (χ4v) is 1.83. The molecule has 94 valence electrons. The van der Waals surface area contributed by atoms with Crippen LogP contribution in [0.5, 0.6) is 0 Å². The molecular formula is C14H28N2. The van der Waals surface area contributed by atoms with Crippen molar-refractivity contribution in [2.24, 2.45) is 0 Å². The summed E-state index contributed by atoms with van der Waals surface area (Å²) in [6.07, 6.45) is 10.1. The molecule has 0 rings (SSSR count). The molecule has 0 aliphatic rings. The van der Waals surface area contributed by atoms with Crippen molar-refractivity contribution in [3.8, 4) is 6.07 Å². The smallest absolute Gasteiger partial charge is 0.0638 e. The van der Waals surface area contributed by atoms with Crippen LogP contribution in [0.1, 0.15) is 65.2 Å². The number of rotatable bonds is 10. The maximum absolute atomic E-state index is 8.60. The molecule has 16 heavy (non-hydrogen) atoms. The minimum atomic E-state index is 0.407. The summed E-state index contributed by atoms with van der Waals surface area (Å²) in [5.41, 5.74) is 0. The molecule has 0 aromatic carbocycles. The lowest BCUT2D eigenvalue weighted by atomic mass is 10.1. The van der Waals surface area contributed by atoms with Gasteiger partial charge in [0.25, 0.3) is 0 Å². The topological polar surface area (TPSA) is 27.0 Å². The van der Waals surface area contributed by atoms with E-state index in [0.717, 1.165) is 6.54 Å². The van der Waals surface area contributed by atoms with Crippen molar-refractivity contribution < 1.29 is 0 Å². The second-order valence-corrected chi connectivity index (χ2v) is 4.81. The second kappa shape index (κ2) is 11.0. The van der Waals surface area contributed by atoms with Crippen molar-refractivity contribution in [1.82, 2.24) is 4.90 Å². The van der Waals surface area contributed by atoms with E-state index in [1.807, 2.05) is 0 Å². The third kappa shape index (κ3) is 8.73. The van der Waals surface area contributed by atoms with E-state index in [1.54, 1.807) is 0 Å². The number of nitriles is 1. The van der Waals surface area contributed by atoms with Crippen LogP contribution in [-0.4, -0.2) is 24.5 Å². The van der Waals surface area contributed by atoms with Crippen LogP contribution in [0.4, 0.5) is 0 Å². The van der Waals surface area contributed by atoms with Gasteiger partial charge in [-0.25, -0.2) is 0 Å². The summed E-state index contributed by atoms with van der Waals surface area (Å²) >= 11 is 0. The molecule has 0 radical (unpaired) electrons. The zero-order valence-corrected chi connectivity index (χ0v) is 11.3. The van der Waals surface area contributed by atoms with Crippen molar-refractivity contribution >= 4 is 0 Å². The first kappa shape index (κ1) is 15.4. The molecule has 0 amide bonds. The molecule has 0 aromatic heterocycles. The average molecular weight is 224 g/mol. The van der Waals surface area contributed by atoms with Gasteiger partial charge in [-0.2, -0.15) is 5.26 Å². The molecule has 0 N–H and O–H groups in total. The van der Waals surface area contributed by atoms with Crippen LogP contribution in [0.3, 0.4) is 0 Å². The van der Waals surface area contributed by atoms with Crippen molar-refractivity contribution in [2.45, 2.75) is 71.3 Å². The van der Waals surface area contributed by atoms with Crippen LogP contribution in [-0.2, 0) is 0 Å². The molecule has 0 fully saturated rings. The summed E-state index contributed by atoms with van der Waals surface area (Å²) in [5, 5.41) is 8.60. The monoisotopic (exact) mass is 224 g/mol. The average Bonchev–Trinajstić information content (AvgIpc) is 2.28. The highest BCUT2D eigenvalue weighted by Gasteiger charge is 2.07. The van der Waals surface area contributed by atoms with Gasteiger partial charge in [0.1, 0.15) is 0 Å². The molecule has 1 unspecified atom stereocenters. The minimum absolute atomic E-state index is 0.407. The fourth-order valence-electron chi connectivity index (χ4n) is 1.83. The molecule has 0 bridgehead atoms. The largest absolute Gasteiger partial charge is 0.303 e. The normalized spacial score (nSPS) is 12.7. The number of hydrogen-bond acceptors (Lipinski definition) is 2. The first-order chi connectivity index (χ1) is 7.72. The predicted molar refractivity (Wildman–Crippen MR) is 70.3 cm³/mol. The standard InChI is InChI=1S/C14H28N2/c1-4-5-6-7-8-9-10-13-16(3)14(2)11-12-15/h14H,4-11,13H2,1-3H3. The molecule has 0 aliphatic carbocycles. The van der Waals surface area contributed by atoms with E-state index < -0.39 is 0 Å². The summed E-state index contributed by atoms with van der Waals surface area (Å²) in [6.45, 7) is 5.52. The summed E-state index contributed by atoms with van der Waals surface area (Å²) in [7, 11) is 2.12. The summed E-state index contributed by atoms with van der Waals surface area (Å²) in [5.74, 6) is 0. The quantitative estimate of drug-likeness (QED) is 0.525. The van der Waals surface area contributed by atoms with Crippen LogP contribution in [0.2, 0.25) is 0 Å². The maximum atomic E-state index is 8.60. The van der Waals surface area contributed by atoms with Gasteiger partial charge in [-0.3, -0.25) is 0 Å². The molecule has 0 aromatic rings. The molecule has 0 spiro atoms. The highest BCUT2D eigenvalue weighted by Crippen LogP contribution is 2.08. The van der Waals surface area contributed by atoms with E-state index in [1.165, 1.54) is 44.9 Å². The zero-order valence-electron chi connectivity index (χ0n) is 11.3. The Morgan fingerprint density at radius 1 is 1.06 bits per heavy atom. The lowest BCUT2D eigenvalue weighted by Crippen LogP contribution is -2.29. The summed E-state index contributed by atoms with van der Waals surface area (Å²) in [6, 6.07) is 2.64. The predicted octanol–water partition coefficient (Wildman–Crippen LogP) is 3.97. The molecule has 0 heterocycles. The highest BCUT2D eigenvalue weighted by atomic mass is 15.1. The van der Waals surface area contributed by atoms with E-state index in [4.69, 9.17) is 5.26 Å². The van der Waals surface area contributed by atoms with Crippen LogP contribution in [0.25, 0.3) is 0 Å². The van der Waals surface area contributed by atoms with Crippen LogP contribution in [0, 0.1) is 11.3 Å². The van der Waals surface area contributed by atoms with Crippen molar-refractivity contribution in [3.05, 3.63) is 0 Å². The van der Waals surface area contributed by atoms with Gasteiger partial charge in [-0.15, -0.1) is 0 Å². The SMILES string of the molecule is CCCCCCCCCN(C)C(C)CC#N. The van der Waals surface area contributed by atoms with Crippen molar-refractivity contribution in [1.29, 1.82) is 5.26 Å². The van der Waals surface area contributed by atoms with Crippen molar-refractivity contribution in [3.63, 3.8) is 0 Å². The van der Waals surface area contributed by atoms with Crippen LogP contribution >= 0.6 is 0 Å². The summed E-state index contributed by atoms with van der Waals surface area (Å²) < 4.78 is 0. The van der Waals surface area contributed by atoms with Crippen molar-refractivity contribution in [2.75, 3.05) is 13.6 Å². The lowest BCUT2D eigenvalue weighted by molar-refractivity contribution is 0.254. The Balaban J connectivity index is 3.28. The maximum Gasteiger partial charge on any atom is 0.0638 e. The van der Waals surface area contributed by atoms with Crippen LogP contribution in [0.15, 0.2) is 0 Å².